The number of aliphatic hydroxyl groups is 1. The lowest BCUT2D eigenvalue weighted by Gasteiger charge is -2.24. The van der Waals surface area contributed by atoms with E-state index in [0.717, 1.165) is 16.6 Å². The zero-order valence-electron chi connectivity index (χ0n) is 19.4. The maximum atomic E-state index is 12.4. The fourth-order valence-corrected chi connectivity index (χ4v) is 2.47. The molecule has 10 heteroatoms. The van der Waals surface area contributed by atoms with E-state index < -0.39 is 36.7 Å². The summed E-state index contributed by atoms with van der Waals surface area (Å²) in [6, 6.07) is 7.74. The summed E-state index contributed by atoms with van der Waals surface area (Å²) in [5, 5.41) is 9.63. The second-order valence-electron chi connectivity index (χ2n) is 8.64. The van der Waals surface area contributed by atoms with Gasteiger partial charge in [-0.2, -0.15) is 0 Å². The topological polar surface area (TPSA) is 108 Å². The number of nitrogens with zero attached hydrogens (tertiary/aromatic N) is 1. The third-order valence-corrected chi connectivity index (χ3v) is 4.21. The van der Waals surface area contributed by atoms with Crippen LogP contribution in [-0.4, -0.2) is 75.3 Å². The minimum absolute atomic E-state index is 0. The van der Waals surface area contributed by atoms with Gasteiger partial charge in [0.25, 0.3) is 0 Å². The quantitative estimate of drug-likeness (QED) is 0.178. The Kier molecular flexibility index (Phi) is 12.9. The van der Waals surface area contributed by atoms with Crippen LogP contribution in [0.15, 0.2) is 24.3 Å². The first-order valence-electron chi connectivity index (χ1n) is 10.0. The monoisotopic (exact) mass is 475 g/mol. The zero-order valence-corrected chi connectivity index (χ0v) is 20.1. The van der Waals surface area contributed by atoms with Crippen LogP contribution in [0, 0.1) is 5.41 Å². The van der Waals surface area contributed by atoms with E-state index in [0.29, 0.717) is 6.42 Å². The van der Waals surface area contributed by atoms with E-state index in [9.17, 15) is 19.5 Å². The predicted molar refractivity (Wildman–Crippen MR) is 112 cm³/mol. The molecule has 9 nitrogen and oxygen atoms in total. The Morgan fingerprint density at radius 2 is 1.50 bits per heavy atom. The largest absolute Gasteiger partial charge is 1.00 e. The van der Waals surface area contributed by atoms with Crippen LogP contribution < -0.4 is 12.4 Å². The molecule has 0 spiro atoms. The maximum absolute atomic E-state index is 12.4. The number of carbonyl (C=O) groups excluding carboxylic acids is 3. The molecule has 0 fully saturated rings. The van der Waals surface area contributed by atoms with Crippen LogP contribution in [0.25, 0.3) is 0 Å². The Balaban J connectivity index is 0.00000961. The first kappa shape index (κ1) is 29.6. The van der Waals surface area contributed by atoms with Crippen molar-refractivity contribution < 1.29 is 55.3 Å². The highest BCUT2D eigenvalue weighted by Crippen LogP contribution is 2.20. The molecule has 32 heavy (non-hydrogen) atoms. The Morgan fingerprint density at radius 3 is 2.03 bits per heavy atom. The lowest BCUT2D eigenvalue weighted by atomic mass is 9.93. The smallest absolute Gasteiger partial charge is 0.508 e. The molecule has 0 heterocycles. The second-order valence-corrected chi connectivity index (χ2v) is 8.64. The van der Waals surface area contributed by atoms with E-state index in [-0.39, 0.29) is 32.2 Å². The fourth-order valence-electron chi connectivity index (χ4n) is 2.47. The van der Waals surface area contributed by atoms with Gasteiger partial charge < -0.3 is 40.9 Å². The summed E-state index contributed by atoms with van der Waals surface area (Å²) < 4.78 is 20.6. The molecule has 1 atom stereocenters. The number of aliphatic hydroxyl groups excluding tert-OH is 1. The van der Waals surface area contributed by atoms with Crippen molar-refractivity contribution in [3.8, 4) is 0 Å². The molecule has 1 aromatic rings. The number of benzene rings is 1. The van der Waals surface area contributed by atoms with E-state index in [1.54, 1.807) is 0 Å². The molecule has 0 aromatic heterocycles. The van der Waals surface area contributed by atoms with Crippen molar-refractivity contribution in [2.75, 3.05) is 47.6 Å². The third kappa shape index (κ3) is 11.9. The molecule has 0 radical (unpaired) electrons. The van der Waals surface area contributed by atoms with Gasteiger partial charge in [-0.1, -0.05) is 24.3 Å². The normalized spacial score (nSPS) is 12.7. The van der Waals surface area contributed by atoms with Gasteiger partial charge in [0.05, 0.1) is 41.0 Å². The van der Waals surface area contributed by atoms with E-state index in [1.165, 1.54) is 19.4 Å². The molecule has 0 aliphatic rings. The summed E-state index contributed by atoms with van der Waals surface area (Å²) in [4.78, 5) is 34.7. The highest BCUT2D eigenvalue weighted by atomic mass is 35.5. The van der Waals surface area contributed by atoms with Gasteiger partial charge in [0.1, 0.15) is 25.2 Å². The molecule has 0 aliphatic carbocycles. The molecule has 1 unspecified atom stereocenters. The molecule has 0 amide bonds. The summed E-state index contributed by atoms with van der Waals surface area (Å²) in [5.74, 6) is -1.10. The predicted octanol–water partition coefficient (Wildman–Crippen LogP) is -0.955. The summed E-state index contributed by atoms with van der Waals surface area (Å²) in [6.07, 6.45) is -0.662. The van der Waals surface area contributed by atoms with Gasteiger partial charge in [-0.15, -0.1) is 0 Å². The number of rotatable bonds is 12. The van der Waals surface area contributed by atoms with Crippen molar-refractivity contribution in [3.63, 3.8) is 0 Å². The molecule has 0 saturated carbocycles. The minimum atomic E-state index is -1.42. The molecular formula is C22H34ClNO8. The Hall–Kier alpha value is -2.36. The van der Waals surface area contributed by atoms with Crippen molar-refractivity contribution in [2.24, 2.45) is 5.41 Å². The molecule has 0 saturated heterocycles. The number of hydrogen-bond donors (Lipinski definition) is 1. The highest BCUT2D eigenvalue weighted by Gasteiger charge is 2.36. The van der Waals surface area contributed by atoms with E-state index in [2.05, 4.69) is 21.1 Å². The first-order valence-corrected chi connectivity index (χ1v) is 10.0. The number of ether oxygens (including phenoxy) is 4. The molecule has 1 N–H and O–H groups in total. The standard InChI is InChI=1S/C22H34NO8.ClH/c1-17(25)28-11-6-12-29-21(27)31-16-22(2,15-24)20(26)30-14-19-9-7-18(8-10-19)13-23(3,4)5;/h7-10,24H,6,11-16H2,1-5H3;1H/q+1;/p-1. The first-order chi connectivity index (χ1) is 14.4. The van der Waals surface area contributed by atoms with Gasteiger partial charge in [-0.05, 0) is 12.5 Å². The van der Waals surface area contributed by atoms with Crippen LogP contribution >= 0.6 is 0 Å². The summed E-state index contributed by atoms with van der Waals surface area (Å²) in [5.41, 5.74) is 0.565. The molecule has 1 rings (SSSR count). The Labute approximate surface area is 195 Å². The minimum Gasteiger partial charge on any atom is -1.00 e. The number of quaternary nitrogens is 1. The Morgan fingerprint density at radius 1 is 0.938 bits per heavy atom. The van der Waals surface area contributed by atoms with Gasteiger partial charge in [0, 0.05) is 18.9 Å². The van der Waals surface area contributed by atoms with Gasteiger partial charge in [-0.25, -0.2) is 4.79 Å². The van der Waals surface area contributed by atoms with Crippen molar-refractivity contribution in [2.45, 2.75) is 33.4 Å². The molecule has 0 bridgehead atoms. The average molecular weight is 476 g/mol. The van der Waals surface area contributed by atoms with Crippen LogP contribution in [-0.2, 0) is 41.7 Å². The summed E-state index contributed by atoms with van der Waals surface area (Å²) >= 11 is 0. The molecule has 0 aliphatic heterocycles. The van der Waals surface area contributed by atoms with E-state index in [1.807, 2.05) is 24.3 Å². The van der Waals surface area contributed by atoms with Crippen molar-refractivity contribution >= 4 is 18.1 Å². The van der Waals surface area contributed by atoms with Crippen molar-refractivity contribution in [1.82, 2.24) is 0 Å². The SMILES string of the molecule is CC(=O)OCCCOC(=O)OCC(C)(CO)C(=O)OCc1ccc(C[N+](C)(C)C)cc1.[Cl-]. The van der Waals surface area contributed by atoms with Gasteiger partial charge in [-0.3, -0.25) is 9.59 Å². The second kappa shape index (κ2) is 13.9. The van der Waals surface area contributed by atoms with Crippen LogP contribution in [0.3, 0.4) is 0 Å². The number of esters is 2. The lowest BCUT2D eigenvalue weighted by molar-refractivity contribution is -0.884. The summed E-state index contributed by atoms with van der Waals surface area (Å²) in [7, 11) is 6.31. The van der Waals surface area contributed by atoms with Crippen molar-refractivity contribution in [3.05, 3.63) is 35.4 Å². The molecule has 182 valence electrons. The van der Waals surface area contributed by atoms with Crippen LogP contribution in [0.4, 0.5) is 4.79 Å². The van der Waals surface area contributed by atoms with Gasteiger partial charge >= 0.3 is 18.1 Å². The molecular weight excluding hydrogens is 442 g/mol. The number of carbonyl (C=O) groups is 3. The third-order valence-electron chi connectivity index (χ3n) is 4.21. The van der Waals surface area contributed by atoms with Crippen LogP contribution in [0.5, 0.6) is 0 Å². The highest BCUT2D eigenvalue weighted by molar-refractivity contribution is 5.77. The van der Waals surface area contributed by atoms with E-state index >= 15 is 0 Å². The van der Waals surface area contributed by atoms with Crippen LogP contribution in [0.1, 0.15) is 31.4 Å². The fraction of sp³-hybridized carbons (Fsp3) is 0.591. The van der Waals surface area contributed by atoms with Gasteiger partial charge in [0.15, 0.2) is 0 Å². The molecule has 1 aromatic carbocycles. The van der Waals surface area contributed by atoms with Gasteiger partial charge in [0.2, 0.25) is 0 Å². The zero-order chi connectivity index (χ0) is 23.5. The average Bonchev–Trinajstić information content (AvgIpc) is 2.69. The lowest BCUT2D eigenvalue weighted by Crippen LogP contribution is -3.00. The maximum Gasteiger partial charge on any atom is 0.508 e. The van der Waals surface area contributed by atoms with Crippen LogP contribution in [0.2, 0.25) is 0 Å². The number of hydrogen-bond acceptors (Lipinski definition) is 8. The number of halogens is 1. The van der Waals surface area contributed by atoms with E-state index in [4.69, 9.17) is 18.9 Å². The van der Waals surface area contributed by atoms with Crippen molar-refractivity contribution in [1.29, 1.82) is 0 Å². The Bertz CT molecular complexity index is 732. The summed E-state index contributed by atoms with van der Waals surface area (Å²) in [6.45, 7) is 2.80.